The molecule has 0 heterocycles. The van der Waals surface area contributed by atoms with E-state index in [0.29, 0.717) is 17.8 Å². The number of aliphatic hydroxyl groups is 1. The third-order valence-corrected chi connectivity index (χ3v) is 3.62. The van der Waals surface area contributed by atoms with Crippen LogP contribution in [0, 0.1) is 0 Å². The van der Waals surface area contributed by atoms with E-state index in [1.165, 1.54) is 0 Å². The summed E-state index contributed by atoms with van der Waals surface area (Å²) in [6.07, 6.45) is -2.00. The quantitative estimate of drug-likeness (QED) is 0.697. The van der Waals surface area contributed by atoms with Crippen LogP contribution < -0.4 is 10.6 Å². The number of hydrogen-bond acceptors (Lipinski definition) is 5. The molecule has 0 bridgehead atoms. The molecule has 0 radical (unpaired) electrons. The van der Waals surface area contributed by atoms with Crippen molar-refractivity contribution in [1.82, 2.24) is 5.32 Å². The maximum Gasteiger partial charge on any atom is 0.412 e. The number of nitrogens with one attached hydrogen (secondary N) is 2. The van der Waals surface area contributed by atoms with Crippen LogP contribution in [0.4, 0.5) is 15.3 Å². The molecule has 0 aliphatic rings. The number of amides is 2. The maximum atomic E-state index is 12.0. The molecule has 2 rings (SSSR count). The Kier molecular flexibility index (Phi) is 7.40. The number of carbonyl (C=O) groups is 2. The highest BCUT2D eigenvalue weighted by Crippen LogP contribution is 2.20. The van der Waals surface area contributed by atoms with Gasteiger partial charge >= 0.3 is 12.2 Å². The monoisotopic (exact) mass is 386 g/mol. The SMILES string of the molecule is CC(C)(C)OC(=O)Nc1ccc([C@@H](CO)OC(=O)NCc2ccccc2)cc1. The Hall–Kier alpha value is -3.06. The van der Waals surface area contributed by atoms with E-state index in [-0.39, 0.29) is 6.61 Å². The van der Waals surface area contributed by atoms with Crippen molar-refractivity contribution >= 4 is 17.9 Å². The molecular formula is C21H26N2O5. The average Bonchev–Trinajstić information content (AvgIpc) is 2.64. The molecule has 2 aromatic rings. The summed E-state index contributed by atoms with van der Waals surface area (Å²) in [7, 11) is 0. The van der Waals surface area contributed by atoms with Gasteiger partial charge < -0.3 is 19.9 Å². The average molecular weight is 386 g/mol. The third-order valence-electron chi connectivity index (χ3n) is 3.62. The molecule has 7 heteroatoms. The van der Waals surface area contributed by atoms with Crippen LogP contribution in [0.5, 0.6) is 0 Å². The molecule has 0 fully saturated rings. The number of ether oxygens (including phenoxy) is 2. The highest BCUT2D eigenvalue weighted by molar-refractivity contribution is 5.84. The van der Waals surface area contributed by atoms with Gasteiger partial charge in [0.15, 0.2) is 6.10 Å². The fourth-order valence-corrected chi connectivity index (χ4v) is 2.35. The van der Waals surface area contributed by atoms with Gasteiger partial charge in [-0.15, -0.1) is 0 Å². The Morgan fingerprint density at radius 2 is 1.64 bits per heavy atom. The normalized spacial score (nSPS) is 12.0. The van der Waals surface area contributed by atoms with Gasteiger partial charge in [0.25, 0.3) is 0 Å². The lowest BCUT2D eigenvalue weighted by Gasteiger charge is -2.20. The zero-order valence-corrected chi connectivity index (χ0v) is 16.3. The molecule has 0 aromatic heterocycles. The topological polar surface area (TPSA) is 96.9 Å². The second-order valence-corrected chi connectivity index (χ2v) is 7.16. The van der Waals surface area contributed by atoms with Crippen molar-refractivity contribution in [3.8, 4) is 0 Å². The first-order valence-electron chi connectivity index (χ1n) is 8.96. The van der Waals surface area contributed by atoms with Crippen molar-refractivity contribution in [3.05, 3.63) is 65.7 Å². The van der Waals surface area contributed by atoms with Crippen LogP contribution >= 0.6 is 0 Å². The molecular weight excluding hydrogens is 360 g/mol. The van der Waals surface area contributed by atoms with E-state index in [1.807, 2.05) is 30.3 Å². The molecule has 0 unspecified atom stereocenters. The van der Waals surface area contributed by atoms with Crippen LogP contribution in [0.1, 0.15) is 38.0 Å². The van der Waals surface area contributed by atoms with E-state index in [1.54, 1.807) is 45.0 Å². The van der Waals surface area contributed by atoms with Crippen molar-refractivity contribution in [1.29, 1.82) is 0 Å². The van der Waals surface area contributed by atoms with Crippen LogP contribution in [-0.4, -0.2) is 29.5 Å². The summed E-state index contributed by atoms with van der Waals surface area (Å²) in [6, 6.07) is 16.1. The van der Waals surface area contributed by atoms with E-state index in [2.05, 4.69) is 10.6 Å². The predicted molar refractivity (Wildman–Crippen MR) is 106 cm³/mol. The molecule has 0 saturated carbocycles. The molecule has 3 N–H and O–H groups in total. The molecule has 1 atom stereocenters. The van der Waals surface area contributed by atoms with Crippen LogP contribution in [0.2, 0.25) is 0 Å². The summed E-state index contributed by atoms with van der Waals surface area (Å²) >= 11 is 0. The van der Waals surface area contributed by atoms with E-state index in [9.17, 15) is 14.7 Å². The van der Waals surface area contributed by atoms with Gasteiger partial charge in [0.2, 0.25) is 0 Å². The van der Waals surface area contributed by atoms with Gasteiger partial charge in [-0.1, -0.05) is 42.5 Å². The minimum absolute atomic E-state index is 0.330. The number of benzene rings is 2. The molecule has 7 nitrogen and oxygen atoms in total. The third kappa shape index (κ3) is 7.28. The van der Waals surface area contributed by atoms with E-state index in [4.69, 9.17) is 9.47 Å². The number of anilines is 1. The van der Waals surface area contributed by atoms with Crippen LogP contribution in [0.3, 0.4) is 0 Å². The van der Waals surface area contributed by atoms with Gasteiger partial charge in [-0.3, -0.25) is 5.32 Å². The fraction of sp³-hybridized carbons (Fsp3) is 0.333. The largest absolute Gasteiger partial charge is 0.444 e. The van der Waals surface area contributed by atoms with Crippen molar-refractivity contribution in [3.63, 3.8) is 0 Å². The number of hydrogen-bond donors (Lipinski definition) is 3. The van der Waals surface area contributed by atoms with E-state index in [0.717, 1.165) is 5.56 Å². The van der Waals surface area contributed by atoms with Crippen LogP contribution in [0.25, 0.3) is 0 Å². The Labute approximate surface area is 164 Å². The molecule has 0 spiro atoms. The van der Waals surface area contributed by atoms with Gasteiger partial charge in [0, 0.05) is 12.2 Å². The summed E-state index contributed by atoms with van der Waals surface area (Å²) in [5.41, 5.74) is 1.49. The molecule has 0 aliphatic heterocycles. The Balaban J connectivity index is 1.89. The van der Waals surface area contributed by atoms with Crippen molar-refractivity contribution in [2.75, 3.05) is 11.9 Å². The number of alkyl carbamates (subject to hydrolysis) is 1. The number of aliphatic hydroxyl groups excluding tert-OH is 1. The Morgan fingerprint density at radius 1 is 1.00 bits per heavy atom. The minimum atomic E-state index is -0.814. The fourth-order valence-electron chi connectivity index (χ4n) is 2.35. The van der Waals surface area contributed by atoms with Crippen LogP contribution in [0.15, 0.2) is 54.6 Å². The molecule has 2 amide bonds. The van der Waals surface area contributed by atoms with Gasteiger partial charge in [-0.2, -0.15) is 0 Å². The number of carbonyl (C=O) groups excluding carboxylic acids is 2. The smallest absolute Gasteiger partial charge is 0.412 e. The summed E-state index contributed by atoms with van der Waals surface area (Å²) < 4.78 is 10.5. The van der Waals surface area contributed by atoms with Crippen molar-refractivity contribution < 1.29 is 24.2 Å². The summed E-state index contributed by atoms with van der Waals surface area (Å²) in [5.74, 6) is 0. The van der Waals surface area contributed by atoms with E-state index < -0.39 is 23.9 Å². The second kappa shape index (κ2) is 9.75. The van der Waals surface area contributed by atoms with Gasteiger partial charge in [0.05, 0.1) is 6.61 Å². The van der Waals surface area contributed by atoms with Gasteiger partial charge in [0.1, 0.15) is 5.60 Å². The zero-order valence-electron chi connectivity index (χ0n) is 16.3. The first-order valence-corrected chi connectivity index (χ1v) is 8.96. The first-order chi connectivity index (χ1) is 13.3. The Bertz CT molecular complexity index is 770. The standard InChI is InChI=1S/C21H26N2O5/c1-21(2,3)28-20(26)23-17-11-9-16(10-12-17)18(14-24)27-19(25)22-13-15-7-5-4-6-8-15/h4-12,18,24H,13-14H2,1-3H3,(H,22,25)(H,23,26)/t18-/m1/s1. The summed E-state index contributed by atoms with van der Waals surface area (Å²) in [6.45, 7) is 5.30. The number of rotatable bonds is 6. The predicted octanol–water partition coefficient (Wildman–Crippen LogP) is 3.99. The van der Waals surface area contributed by atoms with Crippen LogP contribution in [-0.2, 0) is 16.0 Å². The van der Waals surface area contributed by atoms with Gasteiger partial charge in [-0.05, 0) is 44.0 Å². The Morgan fingerprint density at radius 3 is 2.21 bits per heavy atom. The highest BCUT2D eigenvalue weighted by Gasteiger charge is 2.18. The maximum absolute atomic E-state index is 12.0. The van der Waals surface area contributed by atoms with Crippen molar-refractivity contribution in [2.45, 2.75) is 39.0 Å². The molecule has 0 aliphatic carbocycles. The lowest BCUT2D eigenvalue weighted by atomic mass is 10.1. The summed E-state index contributed by atoms with van der Waals surface area (Å²) in [5, 5.41) is 14.8. The van der Waals surface area contributed by atoms with Crippen molar-refractivity contribution in [2.24, 2.45) is 0 Å². The molecule has 0 saturated heterocycles. The lowest BCUT2D eigenvalue weighted by Crippen LogP contribution is -2.27. The molecule has 2 aromatic carbocycles. The second-order valence-electron chi connectivity index (χ2n) is 7.16. The summed E-state index contributed by atoms with van der Waals surface area (Å²) in [4.78, 5) is 23.8. The first kappa shape index (κ1) is 21.2. The molecule has 150 valence electrons. The molecule has 28 heavy (non-hydrogen) atoms. The van der Waals surface area contributed by atoms with Gasteiger partial charge in [-0.25, -0.2) is 9.59 Å². The highest BCUT2D eigenvalue weighted by atomic mass is 16.6. The lowest BCUT2D eigenvalue weighted by molar-refractivity contribution is 0.0568. The zero-order chi connectivity index (χ0) is 20.6. The minimum Gasteiger partial charge on any atom is -0.444 e. The van der Waals surface area contributed by atoms with E-state index >= 15 is 0 Å².